The van der Waals surface area contributed by atoms with Crippen molar-refractivity contribution in [2.45, 2.75) is 59.0 Å². The predicted octanol–water partition coefficient (Wildman–Crippen LogP) is 3.59. The van der Waals surface area contributed by atoms with Crippen LogP contribution < -0.4 is 16.2 Å². The van der Waals surface area contributed by atoms with Crippen LogP contribution in [0.25, 0.3) is 10.7 Å². The smallest absolute Gasteiger partial charge is 0.444 e. The molecule has 2 N–H and O–H groups in total. The number of carbonyl (C=O) groups excluding carboxylic acids is 3. The van der Waals surface area contributed by atoms with Gasteiger partial charge in [0.15, 0.2) is 5.82 Å². The second-order valence-corrected chi connectivity index (χ2v) is 9.59. The van der Waals surface area contributed by atoms with Crippen LogP contribution in [0, 0.1) is 5.92 Å². The maximum Gasteiger partial charge on any atom is 0.452 e. The van der Waals surface area contributed by atoms with Crippen LogP contribution in [-0.2, 0) is 20.9 Å². The number of nitrogens with one attached hydrogen (secondary N) is 2. The Labute approximate surface area is 197 Å². The van der Waals surface area contributed by atoms with Crippen LogP contribution in [0.3, 0.4) is 0 Å². The molecule has 0 fully saturated rings. The first-order chi connectivity index (χ1) is 15.6. The summed E-state index contributed by atoms with van der Waals surface area (Å²) in [5.74, 6) is -3.90. The van der Waals surface area contributed by atoms with Crippen LogP contribution in [-0.4, -0.2) is 45.2 Å². The Hall–Kier alpha value is -3.22. The van der Waals surface area contributed by atoms with Crippen LogP contribution in [0.5, 0.6) is 0 Å². The summed E-state index contributed by atoms with van der Waals surface area (Å²) in [6, 6.07) is 1.48. The second kappa shape index (κ2) is 10.4. The van der Waals surface area contributed by atoms with Gasteiger partial charge in [-0.05, 0) is 38.1 Å². The molecule has 0 aliphatic heterocycles. The minimum atomic E-state index is -5.14. The quantitative estimate of drug-likeness (QED) is 0.597. The number of thiophene rings is 1. The molecule has 0 aliphatic carbocycles. The maximum absolute atomic E-state index is 13.1. The van der Waals surface area contributed by atoms with E-state index in [1.807, 2.05) is 0 Å². The van der Waals surface area contributed by atoms with E-state index in [0.29, 0.717) is 4.88 Å². The van der Waals surface area contributed by atoms with Gasteiger partial charge in [0.2, 0.25) is 5.91 Å². The third-order valence-electron chi connectivity index (χ3n) is 4.27. The number of anilines is 1. The van der Waals surface area contributed by atoms with E-state index in [1.54, 1.807) is 38.3 Å². The van der Waals surface area contributed by atoms with Gasteiger partial charge in [-0.2, -0.15) is 13.2 Å². The molecule has 2 aromatic rings. The highest BCUT2D eigenvalue weighted by molar-refractivity contribution is 7.13. The lowest BCUT2D eigenvalue weighted by atomic mass is 9.99. The number of hydrogen-bond acceptors (Lipinski definition) is 7. The molecule has 0 aromatic carbocycles. The summed E-state index contributed by atoms with van der Waals surface area (Å²) in [7, 11) is 0. The molecule has 0 radical (unpaired) electrons. The molecule has 0 spiro atoms. The number of amides is 2. The molecule has 13 heteroatoms. The van der Waals surface area contributed by atoms with Gasteiger partial charge in [-0.25, -0.2) is 9.78 Å². The number of rotatable bonds is 7. The zero-order valence-electron chi connectivity index (χ0n) is 19.1. The molecule has 0 aliphatic rings. The Morgan fingerprint density at radius 2 is 1.85 bits per heavy atom. The highest BCUT2D eigenvalue weighted by Crippen LogP contribution is 2.23. The molecule has 186 valence electrons. The molecule has 0 bridgehead atoms. The minimum absolute atomic E-state index is 0.0631. The van der Waals surface area contributed by atoms with Gasteiger partial charge in [0.05, 0.1) is 17.1 Å². The van der Waals surface area contributed by atoms with Crippen LogP contribution >= 0.6 is 11.3 Å². The largest absolute Gasteiger partial charge is 0.452 e. The van der Waals surface area contributed by atoms with E-state index in [9.17, 15) is 32.3 Å². The fourth-order valence-electron chi connectivity index (χ4n) is 2.81. The summed E-state index contributed by atoms with van der Waals surface area (Å²) in [6.07, 6.45) is -4.97. The summed E-state index contributed by atoms with van der Waals surface area (Å²) < 4.78 is 44.8. The monoisotopic (exact) mass is 502 g/mol. The van der Waals surface area contributed by atoms with Crippen LogP contribution in [0.4, 0.5) is 23.7 Å². The average molecular weight is 503 g/mol. The first kappa shape index (κ1) is 27.0. The number of alkyl halides is 3. The first-order valence-corrected chi connectivity index (χ1v) is 11.0. The molecule has 1 atom stereocenters. The summed E-state index contributed by atoms with van der Waals surface area (Å²) in [5.41, 5.74) is -1.97. The Morgan fingerprint density at radius 1 is 1.21 bits per heavy atom. The first-order valence-electron chi connectivity index (χ1n) is 10.1. The van der Waals surface area contributed by atoms with Crippen molar-refractivity contribution in [1.82, 2.24) is 14.9 Å². The van der Waals surface area contributed by atoms with E-state index in [2.05, 4.69) is 15.6 Å². The number of ketones is 1. The fraction of sp³-hybridized carbons (Fsp3) is 0.476. The third kappa shape index (κ3) is 7.14. The third-order valence-corrected chi connectivity index (χ3v) is 5.14. The Morgan fingerprint density at radius 3 is 2.35 bits per heavy atom. The van der Waals surface area contributed by atoms with E-state index >= 15 is 0 Å². The number of ether oxygens (including phenoxy) is 1. The van der Waals surface area contributed by atoms with Gasteiger partial charge in [-0.3, -0.25) is 24.3 Å². The minimum Gasteiger partial charge on any atom is -0.444 e. The molecule has 0 saturated heterocycles. The molecular formula is C21H25F3N4O5S. The summed E-state index contributed by atoms with van der Waals surface area (Å²) >= 11 is 1.21. The van der Waals surface area contributed by atoms with Gasteiger partial charge in [0.1, 0.15) is 17.8 Å². The lowest BCUT2D eigenvalue weighted by Gasteiger charge is -2.23. The maximum atomic E-state index is 13.1. The SMILES string of the molecule is CC(C)C(NC(=O)Cn1c(-c2cccs2)ncc(NC(=O)OC(C)(C)C)c1=O)C(=O)C(F)(F)F. The summed E-state index contributed by atoms with van der Waals surface area (Å²) in [5, 5.41) is 6.02. The van der Waals surface area contributed by atoms with Gasteiger partial charge in [0, 0.05) is 0 Å². The Kier molecular flexibility index (Phi) is 8.24. The van der Waals surface area contributed by atoms with Gasteiger partial charge >= 0.3 is 12.3 Å². The number of hydrogen-bond donors (Lipinski definition) is 2. The average Bonchev–Trinajstić information content (AvgIpc) is 3.21. The van der Waals surface area contributed by atoms with Crippen molar-refractivity contribution in [3.05, 3.63) is 34.1 Å². The molecular weight excluding hydrogens is 477 g/mol. The number of nitrogens with zero attached hydrogens (tertiary/aromatic N) is 2. The summed E-state index contributed by atoms with van der Waals surface area (Å²) in [6.45, 7) is 6.84. The molecule has 2 heterocycles. The Bertz CT molecular complexity index is 1110. The number of halogens is 3. The van der Waals surface area contributed by atoms with Crippen LogP contribution in [0.15, 0.2) is 28.5 Å². The van der Waals surface area contributed by atoms with Crippen molar-refractivity contribution in [1.29, 1.82) is 0 Å². The van der Waals surface area contributed by atoms with Crippen LogP contribution in [0.2, 0.25) is 0 Å². The molecule has 0 saturated carbocycles. The lowest BCUT2D eigenvalue weighted by Crippen LogP contribution is -2.51. The normalized spacial score (nSPS) is 12.9. The molecule has 2 rings (SSSR count). The van der Waals surface area contributed by atoms with E-state index in [1.165, 1.54) is 25.2 Å². The van der Waals surface area contributed by atoms with Crippen molar-refractivity contribution < 1.29 is 32.3 Å². The highest BCUT2D eigenvalue weighted by atomic mass is 32.1. The highest BCUT2D eigenvalue weighted by Gasteiger charge is 2.45. The second-order valence-electron chi connectivity index (χ2n) is 8.64. The number of aromatic nitrogens is 2. The standard InChI is InChI=1S/C21H25F3N4O5S/c1-11(2)15(16(30)21(22,23)24)27-14(29)10-28-17(13-7-6-8-34-13)25-9-12(18(28)31)26-19(32)33-20(3,4)5/h6-9,11,15H,10H2,1-5H3,(H,26,32)(H,27,29). The Balaban J connectivity index is 2.39. The van der Waals surface area contributed by atoms with Crippen molar-refractivity contribution in [2.24, 2.45) is 5.92 Å². The summed E-state index contributed by atoms with van der Waals surface area (Å²) in [4.78, 5) is 54.2. The van der Waals surface area contributed by atoms with Gasteiger partial charge in [-0.15, -0.1) is 11.3 Å². The van der Waals surface area contributed by atoms with Crippen molar-refractivity contribution in [3.8, 4) is 10.7 Å². The lowest BCUT2D eigenvalue weighted by molar-refractivity contribution is -0.174. The number of carbonyl (C=O) groups is 3. The predicted molar refractivity (Wildman–Crippen MR) is 119 cm³/mol. The van der Waals surface area contributed by atoms with Crippen molar-refractivity contribution in [2.75, 3.05) is 5.32 Å². The number of Topliss-reactive ketones (excluding diaryl/α,β-unsaturated/α-hetero) is 1. The van der Waals surface area contributed by atoms with E-state index in [4.69, 9.17) is 4.74 Å². The van der Waals surface area contributed by atoms with Gasteiger partial charge in [-0.1, -0.05) is 19.9 Å². The van der Waals surface area contributed by atoms with Crippen molar-refractivity contribution in [3.63, 3.8) is 0 Å². The van der Waals surface area contributed by atoms with E-state index in [-0.39, 0.29) is 11.5 Å². The molecule has 1 unspecified atom stereocenters. The molecule has 34 heavy (non-hydrogen) atoms. The zero-order chi connectivity index (χ0) is 25.8. The fourth-order valence-corrected chi connectivity index (χ4v) is 3.54. The van der Waals surface area contributed by atoms with Gasteiger partial charge < -0.3 is 10.1 Å². The van der Waals surface area contributed by atoms with Crippen LogP contribution in [0.1, 0.15) is 34.6 Å². The van der Waals surface area contributed by atoms with E-state index in [0.717, 1.165) is 10.8 Å². The molecule has 2 aromatic heterocycles. The van der Waals surface area contributed by atoms with E-state index < -0.39 is 53.6 Å². The zero-order valence-corrected chi connectivity index (χ0v) is 20.0. The van der Waals surface area contributed by atoms with Gasteiger partial charge in [0.25, 0.3) is 11.3 Å². The topological polar surface area (TPSA) is 119 Å². The molecule has 9 nitrogen and oxygen atoms in total. The van der Waals surface area contributed by atoms with Crippen molar-refractivity contribution >= 4 is 34.8 Å². The molecule has 2 amide bonds.